The molecule has 10 heteroatoms. The molecule has 0 radical (unpaired) electrons. The number of amides is 2. The summed E-state index contributed by atoms with van der Waals surface area (Å²) in [5.74, 6) is 0.0396. The first-order valence-corrected chi connectivity index (χ1v) is 16.2. The number of hydrogen-bond acceptors (Lipinski definition) is 8. The zero-order valence-electron chi connectivity index (χ0n) is 28.0. The summed E-state index contributed by atoms with van der Waals surface area (Å²) < 4.78 is 11.6. The average Bonchev–Trinajstić information content (AvgIpc) is 3.18. The smallest absolute Gasteiger partial charge is 0.410 e. The summed E-state index contributed by atoms with van der Waals surface area (Å²) in [5.41, 5.74) is 2.58. The van der Waals surface area contributed by atoms with Crippen LogP contribution in [0.3, 0.4) is 0 Å². The van der Waals surface area contributed by atoms with Gasteiger partial charge < -0.3 is 24.4 Å². The van der Waals surface area contributed by atoms with Crippen molar-refractivity contribution in [3.05, 3.63) is 23.0 Å². The molecule has 10 nitrogen and oxygen atoms in total. The number of carbonyl (C=O) groups excluding carboxylic acids is 2. The Hall–Kier alpha value is -2.27. The minimum absolute atomic E-state index is 0.0396. The Morgan fingerprint density at radius 1 is 1.12 bits per heavy atom. The number of aromatic nitrogens is 1. The van der Waals surface area contributed by atoms with Crippen LogP contribution in [0, 0.1) is 0 Å². The molecule has 2 fully saturated rings. The minimum atomic E-state index is -0.581. The molecule has 3 aliphatic heterocycles. The van der Waals surface area contributed by atoms with Gasteiger partial charge in [-0.1, -0.05) is 27.2 Å². The van der Waals surface area contributed by atoms with Crippen molar-refractivity contribution in [2.24, 2.45) is 0 Å². The highest BCUT2D eigenvalue weighted by molar-refractivity contribution is 5.97. The maximum absolute atomic E-state index is 14.2. The van der Waals surface area contributed by atoms with E-state index in [1.165, 1.54) is 0 Å². The number of pyridine rings is 1. The number of morpholine rings is 1. The number of ether oxygens (including phenoxy) is 2. The Morgan fingerprint density at radius 3 is 2.40 bits per heavy atom. The minimum Gasteiger partial charge on any atom is -0.444 e. The number of piperazine rings is 1. The standard InChI is InChI=1S/C33H55N5O5/c1-10-11-12-25-13-28-30(34-27(25)18-39)33(8,9)21-38(28)29(40)17-35-14-22(2)37(31(41)43-32(5,6)7)16-26(35)15-36-23(3)19-42-20-24(36)4/h13,22-24,26,39H,10-12,14-21H2,1-9H3/t22-,23-,24-,26+/m1/s1. The van der Waals surface area contributed by atoms with Crippen LogP contribution in [0.5, 0.6) is 0 Å². The molecule has 0 unspecified atom stereocenters. The number of rotatable bonds is 8. The van der Waals surface area contributed by atoms with Crippen LogP contribution in [0.25, 0.3) is 0 Å². The summed E-state index contributed by atoms with van der Waals surface area (Å²) in [4.78, 5) is 40.8. The molecule has 2 amide bonds. The van der Waals surface area contributed by atoms with Crippen LogP contribution in [0.1, 0.15) is 92.1 Å². The van der Waals surface area contributed by atoms with Gasteiger partial charge in [0.15, 0.2) is 0 Å². The third kappa shape index (κ3) is 7.70. The van der Waals surface area contributed by atoms with Crippen molar-refractivity contribution in [3.63, 3.8) is 0 Å². The third-order valence-corrected chi connectivity index (χ3v) is 9.10. The highest BCUT2D eigenvalue weighted by Crippen LogP contribution is 2.41. The van der Waals surface area contributed by atoms with E-state index in [0.29, 0.717) is 32.8 Å². The maximum atomic E-state index is 14.2. The number of unbranched alkanes of at least 4 members (excludes halogenated alkanes) is 1. The van der Waals surface area contributed by atoms with Gasteiger partial charge in [0.05, 0.1) is 43.4 Å². The number of nitrogens with zero attached hydrogens (tertiary/aromatic N) is 5. The molecule has 1 aromatic rings. The normalized spacial score (nSPS) is 26.5. The lowest BCUT2D eigenvalue weighted by molar-refractivity contribution is -0.122. The van der Waals surface area contributed by atoms with Crippen LogP contribution in [-0.2, 0) is 32.7 Å². The quantitative estimate of drug-likeness (QED) is 0.478. The Kier molecular flexibility index (Phi) is 10.5. The van der Waals surface area contributed by atoms with Gasteiger partial charge in [0.1, 0.15) is 5.60 Å². The first-order valence-electron chi connectivity index (χ1n) is 16.2. The Morgan fingerprint density at radius 2 is 1.79 bits per heavy atom. The summed E-state index contributed by atoms with van der Waals surface area (Å²) in [5, 5.41) is 10.1. The molecular formula is C33H55N5O5. The second-order valence-corrected chi connectivity index (χ2v) is 14.6. The highest BCUT2D eigenvalue weighted by Gasteiger charge is 2.43. The van der Waals surface area contributed by atoms with Gasteiger partial charge in [-0.25, -0.2) is 4.79 Å². The van der Waals surface area contributed by atoms with E-state index in [2.05, 4.69) is 50.5 Å². The van der Waals surface area contributed by atoms with E-state index in [-0.39, 0.29) is 54.7 Å². The van der Waals surface area contributed by atoms with Gasteiger partial charge in [0.2, 0.25) is 5.91 Å². The lowest BCUT2D eigenvalue weighted by Gasteiger charge is -2.48. The molecule has 242 valence electrons. The Balaban J connectivity index is 1.60. The van der Waals surface area contributed by atoms with Gasteiger partial charge in [-0.2, -0.15) is 0 Å². The topological polar surface area (TPSA) is 98.7 Å². The summed E-state index contributed by atoms with van der Waals surface area (Å²) >= 11 is 0. The number of anilines is 1. The van der Waals surface area contributed by atoms with Crippen molar-refractivity contribution >= 4 is 17.7 Å². The maximum Gasteiger partial charge on any atom is 0.410 e. The second-order valence-electron chi connectivity index (χ2n) is 14.6. The van der Waals surface area contributed by atoms with Crippen LogP contribution in [0.4, 0.5) is 10.5 Å². The SMILES string of the molecule is CCCCc1cc2c(nc1CO)C(C)(C)CN2C(=O)CN1C[C@@H](C)N(C(=O)OC(C)(C)C)C[C@@H]1CN1[C@H](C)COC[C@H]1C. The van der Waals surface area contributed by atoms with Crippen LogP contribution in [0.2, 0.25) is 0 Å². The fourth-order valence-corrected chi connectivity index (χ4v) is 6.73. The molecule has 0 aliphatic carbocycles. The monoisotopic (exact) mass is 601 g/mol. The van der Waals surface area contributed by atoms with E-state index in [1.54, 1.807) is 0 Å². The predicted octanol–water partition coefficient (Wildman–Crippen LogP) is 3.96. The van der Waals surface area contributed by atoms with E-state index >= 15 is 0 Å². The zero-order valence-corrected chi connectivity index (χ0v) is 28.0. The molecule has 0 spiro atoms. The number of aliphatic hydroxyl groups excluding tert-OH is 1. The van der Waals surface area contributed by atoms with Crippen molar-refractivity contribution in [1.29, 1.82) is 0 Å². The molecule has 43 heavy (non-hydrogen) atoms. The van der Waals surface area contributed by atoms with Crippen molar-refractivity contribution in [2.75, 3.05) is 50.8 Å². The van der Waals surface area contributed by atoms with Gasteiger partial charge in [-0.15, -0.1) is 0 Å². The van der Waals surface area contributed by atoms with Crippen molar-refractivity contribution in [2.45, 2.75) is 123 Å². The number of hydrogen-bond donors (Lipinski definition) is 1. The van der Waals surface area contributed by atoms with Crippen LogP contribution in [0.15, 0.2) is 6.07 Å². The number of carbonyl (C=O) groups is 2. The van der Waals surface area contributed by atoms with Gasteiger partial charge in [0, 0.05) is 55.8 Å². The number of aliphatic hydroxyl groups is 1. The van der Waals surface area contributed by atoms with Crippen molar-refractivity contribution in [3.8, 4) is 0 Å². The largest absolute Gasteiger partial charge is 0.444 e. The summed E-state index contributed by atoms with van der Waals surface area (Å²) in [6.07, 6.45) is 2.58. The summed E-state index contributed by atoms with van der Waals surface area (Å²) in [6.45, 7) is 22.3. The van der Waals surface area contributed by atoms with E-state index in [1.807, 2.05) is 37.5 Å². The zero-order chi connectivity index (χ0) is 31.7. The molecule has 0 bridgehead atoms. The Labute approximate surface area is 258 Å². The van der Waals surface area contributed by atoms with Crippen LogP contribution >= 0.6 is 0 Å². The lowest BCUT2D eigenvalue weighted by atomic mass is 9.90. The third-order valence-electron chi connectivity index (χ3n) is 9.10. The fraction of sp³-hybridized carbons (Fsp3) is 0.788. The Bertz CT molecular complexity index is 1140. The molecule has 2 saturated heterocycles. The summed E-state index contributed by atoms with van der Waals surface area (Å²) in [7, 11) is 0. The molecule has 1 aromatic heterocycles. The molecular weight excluding hydrogens is 546 g/mol. The first kappa shape index (κ1) is 33.6. The number of fused-ring (bicyclic) bond motifs is 1. The van der Waals surface area contributed by atoms with Crippen molar-refractivity contribution in [1.82, 2.24) is 19.7 Å². The van der Waals surface area contributed by atoms with E-state index in [0.717, 1.165) is 48.4 Å². The van der Waals surface area contributed by atoms with E-state index in [4.69, 9.17) is 14.5 Å². The predicted molar refractivity (Wildman–Crippen MR) is 168 cm³/mol. The summed E-state index contributed by atoms with van der Waals surface area (Å²) in [6, 6.07) is 2.44. The fourth-order valence-electron chi connectivity index (χ4n) is 6.73. The van der Waals surface area contributed by atoms with E-state index < -0.39 is 5.60 Å². The van der Waals surface area contributed by atoms with Gasteiger partial charge >= 0.3 is 6.09 Å². The first-order chi connectivity index (χ1) is 20.1. The molecule has 3 aliphatic rings. The van der Waals surface area contributed by atoms with Gasteiger partial charge in [-0.3, -0.25) is 19.6 Å². The van der Waals surface area contributed by atoms with E-state index in [9.17, 15) is 14.7 Å². The molecule has 4 heterocycles. The molecule has 4 atom stereocenters. The lowest BCUT2D eigenvalue weighted by Crippen LogP contribution is -2.65. The number of aryl methyl sites for hydroxylation is 1. The molecule has 4 rings (SSSR count). The van der Waals surface area contributed by atoms with Crippen LogP contribution < -0.4 is 4.90 Å². The highest BCUT2D eigenvalue weighted by atomic mass is 16.6. The molecule has 0 aromatic carbocycles. The second kappa shape index (κ2) is 13.4. The van der Waals surface area contributed by atoms with Crippen LogP contribution in [-0.4, -0.2) is 112 Å². The van der Waals surface area contributed by atoms with Gasteiger partial charge in [-0.05, 0) is 66.0 Å². The molecule has 1 N–H and O–H groups in total. The molecule has 0 saturated carbocycles. The van der Waals surface area contributed by atoms with Crippen molar-refractivity contribution < 1.29 is 24.2 Å². The van der Waals surface area contributed by atoms with Gasteiger partial charge in [0.25, 0.3) is 0 Å². The average molecular weight is 602 g/mol.